The molecule has 0 fully saturated rings. The van der Waals surface area contributed by atoms with Crippen LogP contribution in [-0.4, -0.2) is 24.1 Å². The molecule has 0 N–H and O–H groups in total. The number of nitrogens with zero attached hydrogens (tertiary/aromatic N) is 5. The molecule has 0 atom stereocenters. The van der Waals surface area contributed by atoms with E-state index in [2.05, 4.69) is 221 Å². The van der Waals surface area contributed by atoms with Gasteiger partial charge in [-0.05, 0) is 102 Å². The van der Waals surface area contributed by atoms with Crippen molar-refractivity contribution in [2.75, 3.05) is 0 Å². The molecule has 0 radical (unpaired) electrons. The van der Waals surface area contributed by atoms with Crippen molar-refractivity contribution in [2.45, 2.75) is 0 Å². The van der Waals surface area contributed by atoms with E-state index in [4.69, 9.17) is 28.2 Å². The first-order valence-corrected chi connectivity index (χ1v) is 27.9. The summed E-state index contributed by atoms with van der Waals surface area (Å²) in [6.45, 7) is 0. The second kappa shape index (κ2) is 17.6. The fourth-order valence-corrected chi connectivity index (χ4v) is 13.1. The van der Waals surface area contributed by atoms with Gasteiger partial charge in [0.1, 0.15) is 27.9 Å². The van der Waals surface area contributed by atoms with Crippen LogP contribution in [0.5, 0.6) is 0 Å². The molecule has 0 bridgehead atoms. The van der Waals surface area contributed by atoms with Crippen molar-refractivity contribution in [3.8, 4) is 67.8 Å². The summed E-state index contributed by atoms with van der Waals surface area (Å²) < 4.78 is 25.1. The van der Waals surface area contributed by atoms with Crippen LogP contribution in [0.1, 0.15) is 0 Å². The van der Waals surface area contributed by atoms with Gasteiger partial charge in [-0.3, -0.25) is 0 Å². The summed E-state index contributed by atoms with van der Waals surface area (Å²) in [5, 5.41) is 10.8. The molecule has 386 valence electrons. The number of hydrogen-bond donors (Lipinski definition) is 0. The van der Waals surface area contributed by atoms with Crippen molar-refractivity contribution in [3.63, 3.8) is 0 Å². The van der Waals surface area contributed by atoms with E-state index in [1.54, 1.807) is 0 Å². The number of para-hydroxylation sites is 5. The van der Waals surface area contributed by atoms with Crippen molar-refractivity contribution in [3.05, 3.63) is 261 Å². The highest BCUT2D eigenvalue weighted by molar-refractivity contribution is 6.28. The third-order valence-corrected chi connectivity index (χ3v) is 16.8. The first-order chi connectivity index (χ1) is 41.1. The fourth-order valence-electron chi connectivity index (χ4n) is 13.1. The van der Waals surface area contributed by atoms with Gasteiger partial charge in [-0.25, -0.2) is 15.0 Å². The zero-order valence-electron chi connectivity index (χ0n) is 44.3. The smallest absolute Gasteiger partial charge is 0.164 e. The van der Waals surface area contributed by atoms with Crippen LogP contribution in [0, 0.1) is 0 Å². The second-order valence-corrected chi connectivity index (χ2v) is 21.4. The molecule has 8 nitrogen and oxygen atoms in total. The molecule has 83 heavy (non-hydrogen) atoms. The SMILES string of the molecule is c1ccc(-c2cc(-c3nc(-c4ccc5c(c4)oc4ccccc45)nc(-c4ccc5c(c4)oc4ccccc45)n3)cc(-c3ccccc3)c2-n2c3ccccc3c3c4oc5c(ccc6c7ccccc7n(-c7ccccc7)c65)c4ccc32)cc1. The molecule has 6 heterocycles. The minimum absolute atomic E-state index is 0.516. The summed E-state index contributed by atoms with van der Waals surface area (Å²) in [5.74, 6) is 1.55. The molecule has 8 heteroatoms. The van der Waals surface area contributed by atoms with Crippen molar-refractivity contribution in [2.24, 2.45) is 0 Å². The lowest BCUT2D eigenvalue weighted by molar-refractivity contribution is 0.668. The average Bonchev–Trinajstić information content (AvgIpc) is 3.33. The minimum atomic E-state index is 0.516. The summed E-state index contributed by atoms with van der Waals surface area (Å²) in [6, 6.07) is 91.5. The van der Waals surface area contributed by atoms with E-state index in [0.717, 1.165) is 154 Å². The Bertz CT molecular complexity index is 5500. The third-order valence-electron chi connectivity index (χ3n) is 16.8. The van der Waals surface area contributed by atoms with Crippen molar-refractivity contribution in [1.82, 2.24) is 24.1 Å². The molecule has 0 saturated heterocycles. The van der Waals surface area contributed by atoms with Gasteiger partial charge in [-0.15, -0.1) is 0 Å². The number of rotatable bonds is 7. The first kappa shape index (κ1) is 45.5. The molecule has 0 aliphatic heterocycles. The molecule has 18 aromatic rings. The molecule has 0 aliphatic rings. The molecular formula is C75H43N5O3. The Morgan fingerprint density at radius 2 is 0.711 bits per heavy atom. The summed E-state index contributed by atoms with van der Waals surface area (Å²) >= 11 is 0. The van der Waals surface area contributed by atoms with Gasteiger partial charge in [-0.1, -0.05) is 170 Å². The number of hydrogen-bond acceptors (Lipinski definition) is 6. The summed E-state index contributed by atoms with van der Waals surface area (Å²) in [7, 11) is 0. The van der Waals surface area contributed by atoms with E-state index in [-0.39, 0.29) is 0 Å². The number of aromatic nitrogens is 5. The highest BCUT2D eigenvalue weighted by atomic mass is 16.3. The largest absolute Gasteiger partial charge is 0.456 e. The zero-order valence-corrected chi connectivity index (χ0v) is 44.3. The molecule has 12 aromatic carbocycles. The molecule has 0 amide bonds. The van der Waals surface area contributed by atoms with Crippen LogP contribution in [0.15, 0.2) is 274 Å². The summed E-state index contributed by atoms with van der Waals surface area (Å²) in [4.78, 5) is 16.1. The van der Waals surface area contributed by atoms with E-state index in [1.165, 1.54) is 5.39 Å². The van der Waals surface area contributed by atoms with Crippen molar-refractivity contribution in [1.29, 1.82) is 0 Å². The summed E-state index contributed by atoms with van der Waals surface area (Å²) in [5.41, 5.74) is 17.7. The Balaban J connectivity index is 0.908. The minimum Gasteiger partial charge on any atom is -0.456 e. The molecule has 0 spiro atoms. The maximum Gasteiger partial charge on any atom is 0.164 e. The normalized spacial score (nSPS) is 12.1. The molecular weight excluding hydrogens is 1020 g/mol. The summed E-state index contributed by atoms with van der Waals surface area (Å²) in [6.07, 6.45) is 0. The van der Waals surface area contributed by atoms with Gasteiger partial charge in [0.25, 0.3) is 0 Å². The lowest BCUT2D eigenvalue weighted by atomic mass is 9.92. The third kappa shape index (κ3) is 6.84. The molecule has 6 aromatic heterocycles. The van der Waals surface area contributed by atoms with E-state index < -0.39 is 0 Å². The number of furan rings is 3. The van der Waals surface area contributed by atoms with Gasteiger partial charge in [0.05, 0.1) is 33.1 Å². The van der Waals surface area contributed by atoms with Gasteiger partial charge in [0.2, 0.25) is 0 Å². The number of fused-ring (bicyclic) bond motifs is 17. The van der Waals surface area contributed by atoms with Crippen LogP contribution >= 0.6 is 0 Å². The average molecular weight is 1060 g/mol. The fraction of sp³-hybridized carbons (Fsp3) is 0. The van der Waals surface area contributed by atoms with Gasteiger partial charge in [0.15, 0.2) is 23.1 Å². The Hall–Kier alpha value is -11.4. The number of benzene rings is 12. The highest BCUT2D eigenvalue weighted by Gasteiger charge is 2.27. The second-order valence-electron chi connectivity index (χ2n) is 21.4. The maximum absolute atomic E-state index is 7.44. The standard InChI is InChI=1S/C75H43N5O3/c1-4-18-44(19-5-1)59-40-48(75-77-73(46-32-34-53-51-25-12-16-30-64(51)81-66(53)42-46)76-74(78-75)47-33-35-54-52-26-13-17-31-65(52)82-67(54)43-47)41-60(45-20-6-2-7-21-45)69(59)80-62-29-15-11-27-58(62)68-63(80)39-38-56-57-37-36-55-50-24-10-14-28-61(50)79(49-22-8-3-9-23-49)70(55)72(57)83-71(56)68/h1-43H. The molecule has 18 rings (SSSR count). The lowest BCUT2D eigenvalue weighted by Gasteiger charge is -2.21. The molecule has 0 aliphatic carbocycles. The predicted molar refractivity (Wildman–Crippen MR) is 338 cm³/mol. The van der Waals surface area contributed by atoms with E-state index >= 15 is 0 Å². The van der Waals surface area contributed by atoms with Crippen LogP contribution in [-0.2, 0) is 0 Å². The predicted octanol–water partition coefficient (Wildman–Crippen LogP) is 20.1. The van der Waals surface area contributed by atoms with Crippen LogP contribution in [0.2, 0.25) is 0 Å². The van der Waals surface area contributed by atoms with E-state index in [1.807, 2.05) is 48.5 Å². The maximum atomic E-state index is 7.44. The van der Waals surface area contributed by atoms with Crippen LogP contribution in [0.3, 0.4) is 0 Å². The van der Waals surface area contributed by atoms with Crippen molar-refractivity contribution < 1.29 is 13.3 Å². The highest BCUT2D eigenvalue weighted by Crippen LogP contribution is 2.48. The Kier molecular flexibility index (Phi) is 9.64. The van der Waals surface area contributed by atoms with E-state index in [9.17, 15) is 0 Å². The Morgan fingerprint density at radius 3 is 1.31 bits per heavy atom. The molecule has 0 saturated carbocycles. The van der Waals surface area contributed by atoms with Crippen LogP contribution in [0.25, 0.3) is 177 Å². The Morgan fingerprint density at radius 1 is 0.265 bits per heavy atom. The van der Waals surface area contributed by atoms with Gasteiger partial charge >= 0.3 is 0 Å². The van der Waals surface area contributed by atoms with Crippen LogP contribution < -0.4 is 0 Å². The van der Waals surface area contributed by atoms with Gasteiger partial charge in [0, 0.05) is 82.0 Å². The topological polar surface area (TPSA) is 87.9 Å². The van der Waals surface area contributed by atoms with E-state index in [0.29, 0.717) is 17.5 Å². The zero-order chi connectivity index (χ0) is 54.3. The quantitative estimate of drug-likeness (QED) is 0.158. The molecule has 0 unspecified atom stereocenters. The van der Waals surface area contributed by atoms with Gasteiger partial charge < -0.3 is 22.4 Å². The van der Waals surface area contributed by atoms with Crippen LogP contribution in [0.4, 0.5) is 0 Å². The van der Waals surface area contributed by atoms with Gasteiger partial charge in [-0.2, -0.15) is 0 Å². The van der Waals surface area contributed by atoms with Crippen molar-refractivity contribution >= 4 is 109 Å². The monoisotopic (exact) mass is 1060 g/mol. The Labute approximate surface area is 473 Å². The first-order valence-electron chi connectivity index (χ1n) is 27.9. The lowest BCUT2D eigenvalue weighted by Crippen LogP contribution is -2.04.